The fourth-order valence-electron chi connectivity index (χ4n) is 3.83. The van der Waals surface area contributed by atoms with Crippen LogP contribution >= 0.6 is 11.3 Å². The number of H-pyrrole nitrogens is 1. The number of aromatic amines is 1. The molecule has 33 heavy (non-hydrogen) atoms. The molecule has 0 fully saturated rings. The molecule has 7 nitrogen and oxygen atoms in total. The summed E-state index contributed by atoms with van der Waals surface area (Å²) in [6.07, 6.45) is 5.03. The van der Waals surface area contributed by atoms with E-state index in [0.29, 0.717) is 17.2 Å². The summed E-state index contributed by atoms with van der Waals surface area (Å²) in [7, 11) is 0. The number of rotatable bonds is 4. The predicted octanol–water partition coefficient (Wildman–Crippen LogP) is 6.46. The van der Waals surface area contributed by atoms with E-state index in [1.54, 1.807) is 17.5 Å². The van der Waals surface area contributed by atoms with Crippen LogP contribution in [-0.2, 0) is 0 Å². The van der Waals surface area contributed by atoms with Gasteiger partial charge in [0.25, 0.3) is 0 Å². The Labute approximate surface area is 192 Å². The highest BCUT2D eigenvalue weighted by Gasteiger charge is 2.14. The highest BCUT2D eigenvalue weighted by atomic mass is 32.1. The standard InChI is InChI=1S/C25H18N6OS/c32-25(30-19-7-8-21-17(14-19)9-11-26-21)31-12-10-20-23(27-15-28-24(20)31)29-18-5-3-16(4-6-18)22-2-1-13-33-22/h1-15,26H,(H,30,32)(H,27,28,29). The lowest BCUT2D eigenvalue weighted by molar-refractivity contribution is 0.254. The lowest BCUT2D eigenvalue weighted by atomic mass is 10.2. The van der Waals surface area contributed by atoms with Gasteiger partial charge < -0.3 is 15.6 Å². The molecule has 8 heteroatoms. The summed E-state index contributed by atoms with van der Waals surface area (Å²) < 4.78 is 1.49. The van der Waals surface area contributed by atoms with Gasteiger partial charge in [0.1, 0.15) is 12.1 Å². The largest absolute Gasteiger partial charge is 0.361 e. The molecule has 0 unspecified atom stereocenters. The first-order valence-corrected chi connectivity index (χ1v) is 11.2. The van der Waals surface area contributed by atoms with Crippen molar-refractivity contribution in [3.63, 3.8) is 0 Å². The summed E-state index contributed by atoms with van der Waals surface area (Å²) in [6, 6.07) is 21.6. The van der Waals surface area contributed by atoms with Crippen LogP contribution in [0.5, 0.6) is 0 Å². The Morgan fingerprint density at radius 2 is 1.85 bits per heavy atom. The summed E-state index contributed by atoms with van der Waals surface area (Å²) >= 11 is 1.71. The maximum Gasteiger partial charge on any atom is 0.331 e. The van der Waals surface area contributed by atoms with Crippen LogP contribution in [0.2, 0.25) is 0 Å². The van der Waals surface area contributed by atoms with Crippen molar-refractivity contribution in [1.82, 2.24) is 19.5 Å². The molecule has 0 saturated heterocycles. The zero-order chi connectivity index (χ0) is 22.2. The highest BCUT2D eigenvalue weighted by Crippen LogP contribution is 2.28. The average Bonchev–Trinajstić information content (AvgIpc) is 3.60. The highest BCUT2D eigenvalue weighted by molar-refractivity contribution is 7.13. The molecule has 0 aliphatic heterocycles. The Morgan fingerprint density at radius 1 is 0.970 bits per heavy atom. The number of carbonyl (C=O) groups is 1. The van der Waals surface area contributed by atoms with E-state index < -0.39 is 0 Å². The Hall–Kier alpha value is -4.43. The SMILES string of the molecule is O=C(Nc1ccc2[nH]ccc2c1)n1ccc2c(Nc3ccc(-c4cccs4)cc3)ncnc21. The third kappa shape index (κ3) is 3.62. The van der Waals surface area contributed by atoms with E-state index in [-0.39, 0.29) is 6.03 Å². The number of anilines is 3. The molecule has 0 spiro atoms. The van der Waals surface area contributed by atoms with Crippen molar-refractivity contribution in [3.8, 4) is 10.4 Å². The number of thiophene rings is 1. The fraction of sp³-hybridized carbons (Fsp3) is 0. The van der Waals surface area contributed by atoms with Gasteiger partial charge >= 0.3 is 6.03 Å². The fourth-order valence-corrected chi connectivity index (χ4v) is 4.56. The second-order valence-electron chi connectivity index (χ2n) is 7.53. The number of nitrogens with zero attached hydrogens (tertiary/aromatic N) is 3. The Bertz CT molecular complexity index is 1580. The monoisotopic (exact) mass is 450 g/mol. The number of hydrogen-bond donors (Lipinski definition) is 3. The number of fused-ring (bicyclic) bond motifs is 2. The van der Waals surface area contributed by atoms with Gasteiger partial charge in [0.05, 0.1) is 5.39 Å². The molecule has 0 atom stereocenters. The second kappa shape index (κ2) is 7.92. The maximum absolute atomic E-state index is 12.9. The summed E-state index contributed by atoms with van der Waals surface area (Å²) in [5, 5.41) is 10.1. The van der Waals surface area contributed by atoms with Crippen molar-refractivity contribution in [2.75, 3.05) is 10.6 Å². The number of nitrogens with one attached hydrogen (secondary N) is 3. The summed E-state index contributed by atoms with van der Waals surface area (Å²) in [6.45, 7) is 0. The Morgan fingerprint density at radius 3 is 2.70 bits per heavy atom. The molecule has 4 heterocycles. The quantitative estimate of drug-likeness (QED) is 0.287. The summed E-state index contributed by atoms with van der Waals surface area (Å²) in [5.41, 5.74) is 4.35. The zero-order valence-corrected chi connectivity index (χ0v) is 18.1. The molecule has 4 aromatic heterocycles. The van der Waals surface area contributed by atoms with Crippen LogP contribution in [0.1, 0.15) is 0 Å². The number of benzene rings is 2. The lowest BCUT2D eigenvalue weighted by Crippen LogP contribution is -2.18. The summed E-state index contributed by atoms with van der Waals surface area (Å²) in [5.74, 6) is 0.643. The first kappa shape index (κ1) is 19.3. The second-order valence-corrected chi connectivity index (χ2v) is 8.48. The molecular formula is C25H18N6OS. The summed E-state index contributed by atoms with van der Waals surface area (Å²) in [4.78, 5) is 26.1. The van der Waals surface area contributed by atoms with Crippen molar-refractivity contribution in [2.24, 2.45) is 0 Å². The van der Waals surface area contributed by atoms with Gasteiger partial charge in [0.2, 0.25) is 0 Å². The van der Waals surface area contributed by atoms with E-state index in [0.717, 1.165) is 22.0 Å². The van der Waals surface area contributed by atoms with E-state index >= 15 is 0 Å². The molecule has 6 rings (SSSR count). The minimum Gasteiger partial charge on any atom is -0.361 e. The first-order chi connectivity index (χ1) is 16.2. The Balaban J connectivity index is 1.25. The van der Waals surface area contributed by atoms with Crippen molar-refractivity contribution in [1.29, 1.82) is 0 Å². The van der Waals surface area contributed by atoms with Crippen LogP contribution < -0.4 is 10.6 Å². The number of hydrogen-bond acceptors (Lipinski definition) is 5. The topological polar surface area (TPSA) is 87.6 Å². The van der Waals surface area contributed by atoms with Crippen molar-refractivity contribution in [3.05, 3.63) is 90.8 Å². The van der Waals surface area contributed by atoms with E-state index in [4.69, 9.17) is 0 Å². The van der Waals surface area contributed by atoms with Gasteiger partial charge in [-0.3, -0.25) is 4.57 Å². The third-order valence-corrected chi connectivity index (χ3v) is 6.38. The van der Waals surface area contributed by atoms with Crippen molar-refractivity contribution in [2.45, 2.75) is 0 Å². The molecular weight excluding hydrogens is 432 g/mol. The number of carbonyl (C=O) groups excluding carboxylic acids is 1. The smallest absolute Gasteiger partial charge is 0.331 e. The van der Waals surface area contributed by atoms with E-state index in [1.165, 1.54) is 21.3 Å². The molecule has 3 N–H and O–H groups in total. The molecule has 2 aromatic carbocycles. The van der Waals surface area contributed by atoms with Gasteiger partial charge in [-0.2, -0.15) is 0 Å². The Kier molecular flexibility index (Phi) is 4.63. The molecule has 0 bridgehead atoms. The van der Waals surface area contributed by atoms with Gasteiger partial charge in [-0.25, -0.2) is 14.8 Å². The van der Waals surface area contributed by atoms with Gasteiger partial charge in [0.15, 0.2) is 5.65 Å². The minimum atomic E-state index is -0.287. The van der Waals surface area contributed by atoms with Crippen LogP contribution in [0.3, 0.4) is 0 Å². The molecule has 0 saturated carbocycles. The number of amides is 1. The van der Waals surface area contributed by atoms with Crippen molar-refractivity contribution >= 4 is 56.5 Å². The maximum atomic E-state index is 12.9. The van der Waals surface area contributed by atoms with Crippen LogP contribution in [-0.4, -0.2) is 25.6 Å². The predicted molar refractivity (Wildman–Crippen MR) is 133 cm³/mol. The van der Waals surface area contributed by atoms with Gasteiger partial charge in [-0.15, -0.1) is 11.3 Å². The van der Waals surface area contributed by atoms with E-state index in [2.05, 4.69) is 49.2 Å². The molecule has 0 aliphatic carbocycles. The van der Waals surface area contributed by atoms with Gasteiger partial charge in [0, 0.05) is 39.5 Å². The minimum absolute atomic E-state index is 0.287. The number of aromatic nitrogens is 4. The third-order valence-electron chi connectivity index (χ3n) is 5.46. The molecule has 1 amide bonds. The molecule has 0 radical (unpaired) electrons. The van der Waals surface area contributed by atoms with E-state index in [9.17, 15) is 4.79 Å². The van der Waals surface area contributed by atoms with Crippen LogP contribution in [0.4, 0.5) is 22.0 Å². The van der Waals surface area contributed by atoms with E-state index in [1.807, 2.05) is 54.7 Å². The van der Waals surface area contributed by atoms with Crippen molar-refractivity contribution < 1.29 is 4.79 Å². The van der Waals surface area contributed by atoms with Crippen LogP contribution in [0, 0.1) is 0 Å². The average molecular weight is 451 g/mol. The molecule has 160 valence electrons. The van der Waals surface area contributed by atoms with Gasteiger partial charge in [-0.05, 0) is 59.5 Å². The van der Waals surface area contributed by atoms with Crippen LogP contribution in [0.15, 0.2) is 90.8 Å². The molecule has 0 aliphatic rings. The zero-order valence-electron chi connectivity index (χ0n) is 17.3. The van der Waals surface area contributed by atoms with Gasteiger partial charge in [-0.1, -0.05) is 18.2 Å². The lowest BCUT2D eigenvalue weighted by Gasteiger charge is -2.09. The molecule has 6 aromatic rings. The normalized spacial score (nSPS) is 11.2. The first-order valence-electron chi connectivity index (χ1n) is 10.4. The van der Waals surface area contributed by atoms with Crippen LogP contribution in [0.25, 0.3) is 32.4 Å².